The number of nitrogens with two attached hydrogens (primary N) is 1. The number of amides is 1. The van der Waals surface area contributed by atoms with E-state index in [1.807, 2.05) is 44.2 Å². The lowest BCUT2D eigenvalue weighted by molar-refractivity contribution is 0.0752. The molecule has 2 rings (SSSR count). The molecular weight excluding hydrogens is 250 g/mol. The molecule has 1 aromatic heterocycles. The van der Waals surface area contributed by atoms with Crippen LogP contribution in [-0.2, 0) is 6.54 Å². The monoisotopic (exact) mass is 269 g/mol. The van der Waals surface area contributed by atoms with Gasteiger partial charge in [-0.1, -0.05) is 12.1 Å². The van der Waals surface area contributed by atoms with Crippen LogP contribution in [0.1, 0.15) is 28.4 Å². The average Bonchev–Trinajstić information content (AvgIpc) is 2.44. The molecule has 0 unspecified atom stereocenters. The van der Waals surface area contributed by atoms with Crippen molar-refractivity contribution in [3.63, 3.8) is 0 Å². The predicted molar refractivity (Wildman–Crippen MR) is 80.2 cm³/mol. The Morgan fingerprint density at radius 3 is 2.75 bits per heavy atom. The van der Waals surface area contributed by atoms with Gasteiger partial charge in [0.15, 0.2) is 0 Å². The molecule has 1 amide bonds. The van der Waals surface area contributed by atoms with E-state index >= 15 is 0 Å². The van der Waals surface area contributed by atoms with E-state index < -0.39 is 0 Å². The van der Waals surface area contributed by atoms with Crippen molar-refractivity contribution in [1.29, 1.82) is 0 Å². The second kappa shape index (κ2) is 6.19. The van der Waals surface area contributed by atoms with Crippen molar-refractivity contribution >= 4 is 11.6 Å². The molecular formula is C16H19N3O. The van der Waals surface area contributed by atoms with Crippen LogP contribution in [0.4, 0.5) is 5.69 Å². The molecule has 0 bridgehead atoms. The fourth-order valence-corrected chi connectivity index (χ4v) is 2.09. The van der Waals surface area contributed by atoms with Gasteiger partial charge in [0.2, 0.25) is 0 Å². The second-order valence-electron chi connectivity index (χ2n) is 4.82. The van der Waals surface area contributed by atoms with Crippen molar-refractivity contribution in [2.45, 2.75) is 20.4 Å². The van der Waals surface area contributed by atoms with Crippen LogP contribution in [0.2, 0.25) is 0 Å². The van der Waals surface area contributed by atoms with Gasteiger partial charge in [-0.15, -0.1) is 0 Å². The number of pyridine rings is 1. The minimum atomic E-state index is -0.00822. The van der Waals surface area contributed by atoms with Crippen LogP contribution in [0, 0.1) is 6.92 Å². The lowest BCUT2D eigenvalue weighted by atomic mass is 10.1. The zero-order valence-electron chi connectivity index (χ0n) is 11.8. The minimum absolute atomic E-state index is 0.00822. The van der Waals surface area contributed by atoms with Gasteiger partial charge in [0.25, 0.3) is 5.91 Å². The van der Waals surface area contributed by atoms with Gasteiger partial charge in [-0.3, -0.25) is 9.78 Å². The number of hydrogen-bond donors (Lipinski definition) is 1. The predicted octanol–water partition coefficient (Wildman–Crippen LogP) is 2.63. The van der Waals surface area contributed by atoms with E-state index in [1.54, 1.807) is 17.3 Å². The number of nitrogens with zero attached hydrogens (tertiary/aromatic N) is 2. The highest BCUT2D eigenvalue weighted by Gasteiger charge is 2.15. The fraction of sp³-hybridized carbons (Fsp3) is 0.250. The summed E-state index contributed by atoms with van der Waals surface area (Å²) in [7, 11) is 0. The summed E-state index contributed by atoms with van der Waals surface area (Å²) in [6.07, 6.45) is 3.35. The van der Waals surface area contributed by atoms with Crippen LogP contribution in [0.5, 0.6) is 0 Å². The highest BCUT2D eigenvalue weighted by Crippen LogP contribution is 2.12. The Morgan fingerprint density at radius 1 is 1.30 bits per heavy atom. The van der Waals surface area contributed by atoms with Gasteiger partial charge < -0.3 is 10.6 Å². The first-order valence-corrected chi connectivity index (χ1v) is 6.65. The first kappa shape index (κ1) is 14.1. The summed E-state index contributed by atoms with van der Waals surface area (Å²) in [5.41, 5.74) is 9.11. The molecule has 4 nitrogen and oxygen atoms in total. The molecule has 0 aliphatic carbocycles. The van der Waals surface area contributed by atoms with Gasteiger partial charge in [0.05, 0.1) is 5.56 Å². The van der Waals surface area contributed by atoms with Crippen LogP contribution in [0.3, 0.4) is 0 Å². The maximum absolute atomic E-state index is 12.5. The van der Waals surface area contributed by atoms with Crippen LogP contribution in [-0.4, -0.2) is 22.3 Å². The Bertz CT molecular complexity index is 610. The summed E-state index contributed by atoms with van der Waals surface area (Å²) >= 11 is 0. The molecule has 2 N–H and O–H groups in total. The van der Waals surface area contributed by atoms with Crippen molar-refractivity contribution in [1.82, 2.24) is 9.88 Å². The summed E-state index contributed by atoms with van der Waals surface area (Å²) in [6, 6.07) is 9.46. The molecule has 1 heterocycles. The summed E-state index contributed by atoms with van der Waals surface area (Å²) in [4.78, 5) is 18.3. The van der Waals surface area contributed by atoms with E-state index in [2.05, 4.69) is 4.98 Å². The number of nitrogen functional groups attached to an aromatic ring is 1. The standard InChI is InChI=1S/C16H19N3O/c1-3-19(11-13-5-4-6-15(17)8-13)16(20)14-7-12(2)9-18-10-14/h4-10H,3,11,17H2,1-2H3. The Hall–Kier alpha value is -2.36. The minimum Gasteiger partial charge on any atom is -0.399 e. The van der Waals surface area contributed by atoms with Crippen LogP contribution in [0.25, 0.3) is 0 Å². The number of aryl methyl sites for hydroxylation is 1. The molecule has 0 saturated heterocycles. The normalized spacial score (nSPS) is 10.3. The molecule has 0 radical (unpaired) electrons. The molecule has 0 atom stereocenters. The highest BCUT2D eigenvalue weighted by molar-refractivity contribution is 5.94. The van der Waals surface area contributed by atoms with E-state index in [0.29, 0.717) is 24.3 Å². The van der Waals surface area contributed by atoms with Crippen LogP contribution in [0.15, 0.2) is 42.7 Å². The summed E-state index contributed by atoms with van der Waals surface area (Å²) in [5, 5.41) is 0. The van der Waals surface area contributed by atoms with Gasteiger partial charge in [-0.05, 0) is 43.2 Å². The molecule has 4 heteroatoms. The van der Waals surface area contributed by atoms with Crippen LogP contribution >= 0.6 is 0 Å². The lowest BCUT2D eigenvalue weighted by Gasteiger charge is -2.21. The SMILES string of the molecule is CCN(Cc1cccc(N)c1)C(=O)c1cncc(C)c1. The molecule has 0 aliphatic rings. The summed E-state index contributed by atoms with van der Waals surface area (Å²) in [5.74, 6) is -0.00822. The highest BCUT2D eigenvalue weighted by atomic mass is 16.2. The van der Waals surface area contributed by atoms with Gasteiger partial charge >= 0.3 is 0 Å². The molecule has 104 valence electrons. The van der Waals surface area contributed by atoms with Crippen molar-refractivity contribution in [3.8, 4) is 0 Å². The molecule has 0 saturated carbocycles. The van der Waals surface area contributed by atoms with E-state index in [-0.39, 0.29) is 5.91 Å². The Morgan fingerprint density at radius 2 is 2.10 bits per heavy atom. The third-order valence-corrected chi connectivity index (χ3v) is 3.12. The van der Waals surface area contributed by atoms with E-state index in [4.69, 9.17) is 5.73 Å². The molecule has 0 spiro atoms. The largest absolute Gasteiger partial charge is 0.399 e. The van der Waals surface area contributed by atoms with Crippen molar-refractivity contribution in [2.75, 3.05) is 12.3 Å². The Kier molecular flexibility index (Phi) is 4.35. The maximum Gasteiger partial charge on any atom is 0.255 e. The number of benzene rings is 1. The molecule has 0 fully saturated rings. The van der Waals surface area contributed by atoms with Gasteiger partial charge in [0.1, 0.15) is 0 Å². The second-order valence-corrected chi connectivity index (χ2v) is 4.82. The first-order chi connectivity index (χ1) is 9.60. The van der Waals surface area contributed by atoms with Gasteiger partial charge in [-0.25, -0.2) is 0 Å². The number of hydrogen-bond acceptors (Lipinski definition) is 3. The summed E-state index contributed by atoms with van der Waals surface area (Å²) in [6.45, 7) is 5.08. The van der Waals surface area contributed by atoms with Crippen LogP contribution < -0.4 is 5.73 Å². The van der Waals surface area contributed by atoms with Gasteiger partial charge in [-0.2, -0.15) is 0 Å². The van der Waals surface area contributed by atoms with Crippen molar-refractivity contribution in [3.05, 3.63) is 59.4 Å². The summed E-state index contributed by atoms with van der Waals surface area (Å²) < 4.78 is 0. The topological polar surface area (TPSA) is 59.2 Å². The van der Waals surface area contributed by atoms with E-state index in [0.717, 1.165) is 11.1 Å². The van der Waals surface area contributed by atoms with Crippen molar-refractivity contribution in [2.24, 2.45) is 0 Å². The molecule has 1 aromatic carbocycles. The molecule has 0 aliphatic heterocycles. The van der Waals surface area contributed by atoms with Crippen molar-refractivity contribution < 1.29 is 4.79 Å². The quantitative estimate of drug-likeness (QED) is 0.868. The maximum atomic E-state index is 12.5. The fourth-order valence-electron chi connectivity index (χ4n) is 2.09. The Balaban J connectivity index is 2.18. The Labute approximate surface area is 119 Å². The third kappa shape index (κ3) is 3.35. The van der Waals surface area contributed by atoms with E-state index in [1.165, 1.54) is 0 Å². The third-order valence-electron chi connectivity index (χ3n) is 3.12. The average molecular weight is 269 g/mol. The number of rotatable bonds is 4. The zero-order chi connectivity index (χ0) is 14.5. The lowest BCUT2D eigenvalue weighted by Crippen LogP contribution is -2.30. The number of aromatic nitrogens is 1. The van der Waals surface area contributed by atoms with E-state index in [9.17, 15) is 4.79 Å². The number of anilines is 1. The molecule has 20 heavy (non-hydrogen) atoms. The zero-order valence-corrected chi connectivity index (χ0v) is 11.8. The number of carbonyl (C=O) groups excluding carboxylic acids is 1. The first-order valence-electron chi connectivity index (χ1n) is 6.65. The van der Waals surface area contributed by atoms with Gasteiger partial charge in [0, 0.05) is 31.2 Å². The number of carbonyl (C=O) groups is 1. The molecule has 2 aromatic rings. The smallest absolute Gasteiger partial charge is 0.255 e.